The molecule has 0 bridgehead atoms. The highest BCUT2D eigenvalue weighted by Gasteiger charge is 2.42. The minimum absolute atomic E-state index is 0.586. The maximum atomic E-state index is 9.44. The van der Waals surface area contributed by atoms with E-state index < -0.39 is 30.7 Å². The molecule has 0 spiro atoms. The lowest BCUT2D eigenvalue weighted by Crippen LogP contribution is -2.57. The fourth-order valence-corrected chi connectivity index (χ4v) is 1.26. The van der Waals surface area contributed by atoms with Crippen LogP contribution in [-0.2, 0) is 9.47 Å². The van der Waals surface area contributed by atoms with Crippen molar-refractivity contribution in [2.45, 2.75) is 37.6 Å². The summed E-state index contributed by atoms with van der Waals surface area (Å²) in [4.78, 5) is 0. The van der Waals surface area contributed by atoms with Gasteiger partial charge in [0.1, 0.15) is 24.9 Å². The predicted molar refractivity (Wildman–Crippen MR) is 47.9 cm³/mol. The minimum Gasteiger partial charge on any atom is -0.388 e. The van der Waals surface area contributed by atoms with Crippen LogP contribution in [0.25, 0.3) is 0 Å². The summed E-state index contributed by atoms with van der Waals surface area (Å²) in [6.07, 6.45) is -3.80. The Balaban J connectivity index is 2.55. The van der Waals surface area contributed by atoms with E-state index in [4.69, 9.17) is 9.47 Å². The SMILES string of the molecule is C=C[CH]O[C@@H]1O[C@H](C)[C@@H](O)[C@H](O)[C@H]1O. The quantitative estimate of drug-likeness (QED) is 0.558. The van der Waals surface area contributed by atoms with Crippen molar-refractivity contribution >= 4 is 0 Å². The fourth-order valence-electron chi connectivity index (χ4n) is 1.26. The van der Waals surface area contributed by atoms with E-state index in [-0.39, 0.29) is 0 Å². The van der Waals surface area contributed by atoms with Crippen molar-refractivity contribution in [2.24, 2.45) is 0 Å². The topological polar surface area (TPSA) is 79.2 Å². The third-order valence-electron chi connectivity index (χ3n) is 2.12. The second-order valence-electron chi connectivity index (χ2n) is 3.19. The molecule has 0 aromatic rings. The Labute approximate surface area is 82.6 Å². The van der Waals surface area contributed by atoms with Gasteiger partial charge in [-0.25, -0.2) is 0 Å². The Bertz CT molecular complexity index is 196. The molecule has 5 atom stereocenters. The van der Waals surface area contributed by atoms with Gasteiger partial charge in [0.15, 0.2) is 6.29 Å². The largest absolute Gasteiger partial charge is 0.388 e. The Kier molecular flexibility index (Phi) is 4.03. The van der Waals surface area contributed by atoms with Gasteiger partial charge in [-0.05, 0) is 6.92 Å². The van der Waals surface area contributed by atoms with Gasteiger partial charge in [0.2, 0.25) is 0 Å². The van der Waals surface area contributed by atoms with Crippen LogP contribution < -0.4 is 0 Å². The van der Waals surface area contributed by atoms with E-state index >= 15 is 0 Å². The van der Waals surface area contributed by atoms with Gasteiger partial charge in [-0.1, -0.05) is 6.08 Å². The monoisotopic (exact) mass is 203 g/mol. The van der Waals surface area contributed by atoms with Crippen molar-refractivity contribution in [1.29, 1.82) is 0 Å². The van der Waals surface area contributed by atoms with E-state index in [0.717, 1.165) is 0 Å². The normalized spacial score (nSPS) is 43.6. The molecule has 0 aromatic carbocycles. The molecule has 1 aliphatic heterocycles. The first-order valence-corrected chi connectivity index (χ1v) is 4.37. The highest BCUT2D eigenvalue weighted by molar-refractivity contribution is 4.89. The van der Waals surface area contributed by atoms with Crippen LogP contribution in [0.15, 0.2) is 12.7 Å². The van der Waals surface area contributed by atoms with Crippen LogP contribution in [0.1, 0.15) is 6.92 Å². The van der Waals surface area contributed by atoms with E-state index in [9.17, 15) is 15.3 Å². The van der Waals surface area contributed by atoms with Crippen molar-refractivity contribution < 1.29 is 24.8 Å². The molecule has 3 N–H and O–H groups in total. The summed E-state index contributed by atoms with van der Waals surface area (Å²) in [5.41, 5.74) is 0. The number of rotatable bonds is 3. The zero-order valence-electron chi connectivity index (χ0n) is 7.91. The minimum atomic E-state index is -1.27. The van der Waals surface area contributed by atoms with Crippen LogP contribution in [0, 0.1) is 6.61 Å². The molecule has 14 heavy (non-hydrogen) atoms. The second kappa shape index (κ2) is 4.86. The molecule has 1 heterocycles. The van der Waals surface area contributed by atoms with E-state index in [1.54, 1.807) is 6.92 Å². The summed E-state index contributed by atoms with van der Waals surface area (Å²) in [6.45, 7) is 6.24. The second-order valence-corrected chi connectivity index (χ2v) is 3.19. The number of hydrogen-bond donors (Lipinski definition) is 3. The zero-order valence-corrected chi connectivity index (χ0v) is 7.91. The Hall–Kier alpha value is -0.460. The molecule has 1 saturated heterocycles. The summed E-state index contributed by atoms with van der Waals surface area (Å²) in [5.74, 6) is 0. The third kappa shape index (κ3) is 2.31. The van der Waals surface area contributed by atoms with Crippen LogP contribution in [-0.4, -0.2) is 46.0 Å². The predicted octanol–water partition coefficient (Wildman–Crippen LogP) is -0.822. The average molecular weight is 203 g/mol. The van der Waals surface area contributed by atoms with Gasteiger partial charge in [-0.15, -0.1) is 6.58 Å². The number of ether oxygens (including phenoxy) is 2. The summed E-state index contributed by atoms with van der Waals surface area (Å²) in [7, 11) is 0. The molecule has 1 rings (SSSR count). The first-order valence-electron chi connectivity index (χ1n) is 4.37. The Morgan fingerprint density at radius 2 is 1.86 bits per heavy atom. The number of aliphatic hydroxyl groups is 3. The first kappa shape index (κ1) is 11.6. The Morgan fingerprint density at radius 3 is 2.43 bits per heavy atom. The maximum absolute atomic E-state index is 9.44. The molecule has 5 heteroatoms. The molecule has 0 aliphatic carbocycles. The maximum Gasteiger partial charge on any atom is 0.187 e. The molecule has 0 unspecified atom stereocenters. The molecular formula is C9H15O5. The van der Waals surface area contributed by atoms with Crippen molar-refractivity contribution in [1.82, 2.24) is 0 Å². The van der Waals surface area contributed by atoms with Gasteiger partial charge in [-0.2, -0.15) is 0 Å². The highest BCUT2D eigenvalue weighted by Crippen LogP contribution is 2.21. The van der Waals surface area contributed by atoms with Gasteiger partial charge in [0.05, 0.1) is 6.10 Å². The standard InChI is InChI=1S/C9H15O5/c1-3-4-13-9-8(12)7(11)6(10)5(2)14-9/h3-12H,1H2,2H3/t5-,6-,7+,8-,9-/m1/s1. The Morgan fingerprint density at radius 1 is 1.21 bits per heavy atom. The summed E-state index contributed by atoms with van der Waals surface area (Å²) in [5, 5.41) is 28.2. The van der Waals surface area contributed by atoms with Crippen molar-refractivity contribution in [3.63, 3.8) is 0 Å². The number of aliphatic hydroxyl groups excluding tert-OH is 3. The van der Waals surface area contributed by atoms with Gasteiger partial charge in [0.25, 0.3) is 0 Å². The van der Waals surface area contributed by atoms with E-state index in [1.807, 2.05) is 0 Å². The van der Waals surface area contributed by atoms with Crippen molar-refractivity contribution in [2.75, 3.05) is 0 Å². The van der Waals surface area contributed by atoms with Crippen LogP contribution in [0.3, 0.4) is 0 Å². The third-order valence-corrected chi connectivity index (χ3v) is 2.12. The van der Waals surface area contributed by atoms with Crippen LogP contribution in [0.4, 0.5) is 0 Å². The van der Waals surface area contributed by atoms with Gasteiger partial charge in [-0.3, -0.25) is 0 Å². The van der Waals surface area contributed by atoms with Crippen LogP contribution in [0.2, 0.25) is 0 Å². The number of hydrogen-bond acceptors (Lipinski definition) is 5. The summed E-state index contributed by atoms with van der Waals surface area (Å²) >= 11 is 0. The van der Waals surface area contributed by atoms with E-state index in [2.05, 4.69) is 6.58 Å². The molecular weight excluding hydrogens is 188 g/mol. The lowest BCUT2D eigenvalue weighted by Gasteiger charge is -2.38. The molecule has 5 nitrogen and oxygen atoms in total. The smallest absolute Gasteiger partial charge is 0.187 e. The molecule has 1 radical (unpaired) electrons. The molecule has 0 amide bonds. The molecule has 0 aromatic heterocycles. The molecule has 1 fully saturated rings. The molecule has 1 aliphatic rings. The molecule has 81 valence electrons. The van der Waals surface area contributed by atoms with Gasteiger partial charge < -0.3 is 24.8 Å². The molecule has 0 saturated carbocycles. The summed E-state index contributed by atoms with van der Waals surface area (Å²) in [6, 6.07) is 0. The van der Waals surface area contributed by atoms with Crippen molar-refractivity contribution in [3.05, 3.63) is 19.3 Å². The van der Waals surface area contributed by atoms with Gasteiger partial charge >= 0.3 is 0 Å². The van der Waals surface area contributed by atoms with Gasteiger partial charge in [0, 0.05) is 0 Å². The lowest BCUT2D eigenvalue weighted by atomic mass is 10.0. The van der Waals surface area contributed by atoms with Crippen molar-refractivity contribution in [3.8, 4) is 0 Å². The zero-order chi connectivity index (χ0) is 10.7. The van der Waals surface area contributed by atoms with E-state index in [1.165, 1.54) is 12.7 Å². The van der Waals surface area contributed by atoms with E-state index in [0.29, 0.717) is 0 Å². The fraction of sp³-hybridized carbons (Fsp3) is 0.667. The van der Waals surface area contributed by atoms with Crippen LogP contribution >= 0.6 is 0 Å². The average Bonchev–Trinajstić information content (AvgIpc) is 2.18. The highest BCUT2D eigenvalue weighted by atomic mass is 16.7. The first-order chi connectivity index (χ1) is 6.57. The lowest BCUT2D eigenvalue weighted by molar-refractivity contribution is -0.283. The summed E-state index contributed by atoms with van der Waals surface area (Å²) < 4.78 is 10.1. The van der Waals surface area contributed by atoms with Crippen LogP contribution in [0.5, 0.6) is 0 Å².